The second-order valence-corrected chi connectivity index (χ2v) is 4.24. The van der Waals surface area contributed by atoms with Crippen LogP contribution in [0.2, 0.25) is 0 Å². The molecule has 0 amide bonds. The molecule has 0 saturated carbocycles. The van der Waals surface area contributed by atoms with Gasteiger partial charge < -0.3 is 5.11 Å². The Morgan fingerprint density at radius 1 is 0.947 bits per heavy atom. The summed E-state index contributed by atoms with van der Waals surface area (Å²) in [6.45, 7) is 0. The zero-order chi connectivity index (χ0) is 13.2. The maximum Gasteiger partial charge on any atom is 0.147 e. The van der Waals surface area contributed by atoms with E-state index in [0.29, 0.717) is 5.56 Å². The lowest BCUT2D eigenvalue weighted by molar-refractivity contribution is 0.216. The summed E-state index contributed by atoms with van der Waals surface area (Å²) in [5.41, 5.74) is 0.879. The number of rotatable bonds is 2. The lowest BCUT2D eigenvalue weighted by atomic mass is 9.97. The van der Waals surface area contributed by atoms with Gasteiger partial charge in [-0.2, -0.15) is 0 Å². The summed E-state index contributed by atoms with van der Waals surface area (Å²) in [6.07, 6.45) is 4.92. The number of halogens is 1. The van der Waals surface area contributed by atoms with Crippen LogP contribution in [0, 0.1) is 5.82 Å². The van der Waals surface area contributed by atoms with E-state index < -0.39 is 11.9 Å². The van der Waals surface area contributed by atoms with E-state index in [1.807, 2.05) is 18.2 Å². The van der Waals surface area contributed by atoms with Gasteiger partial charge in [-0.05, 0) is 23.1 Å². The standard InChI is InChI=1S/C15H11FN2O/c16-14-9-18-7-5-13(14)15(19)12-3-1-2-10-8-17-6-4-11(10)12/h1-9,15,19H. The Kier molecular flexibility index (Phi) is 2.93. The molecule has 0 radical (unpaired) electrons. The Balaban J connectivity index is 2.17. The average Bonchev–Trinajstić information content (AvgIpc) is 2.46. The SMILES string of the molecule is OC(c1ccncc1F)c1cccc2cnccc12. The maximum atomic E-state index is 13.7. The summed E-state index contributed by atoms with van der Waals surface area (Å²) in [6, 6.07) is 8.81. The van der Waals surface area contributed by atoms with Crippen LogP contribution >= 0.6 is 0 Å². The summed E-state index contributed by atoms with van der Waals surface area (Å²) in [4.78, 5) is 7.73. The Labute approximate surface area is 109 Å². The van der Waals surface area contributed by atoms with E-state index in [1.165, 1.54) is 12.3 Å². The third-order valence-electron chi connectivity index (χ3n) is 3.11. The number of fused-ring (bicyclic) bond motifs is 1. The summed E-state index contributed by atoms with van der Waals surface area (Å²) in [5.74, 6) is -0.513. The normalized spacial score (nSPS) is 12.5. The Hall–Kier alpha value is -2.33. The van der Waals surface area contributed by atoms with Crippen LogP contribution in [0.15, 0.2) is 55.1 Å². The summed E-state index contributed by atoms with van der Waals surface area (Å²) in [7, 11) is 0. The highest BCUT2D eigenvalue weighted by Gasteiger charge is 2.16. The number of aliphatic hydroxyl groups is 1. The van der Waals surface area contributed by atoms with Gasteiger partial charge in [0.1, 0.15) is 11.9 Å². The molecule has 0 saturated heterocycles. The van der Waals surface area contributed by atoms with Crippen LogP contribution in [-0.2, 0) is 0 Å². The topological polar surface area (TPSA) is 46.0 Å². The largest absolute Gasteiger partial charge is 0.384 e. The van der Waals surface area contributed by atoms with E-state index in [-0.39, 0.29) is 5.56 Å². The van der Waals surface area contributed by atoms with E-state index in [4.69, 9.17) is 0 Å². The van der Waals surface area contributed by atoms with Crippen LogP contribution in [0.25, 0.3) is 10.8 Å². The molecular formula is C15H11FN2O. The fraction of sp³-hybridized carbons (Fsp3) is 0.0667. The predicted molar refractivity (Wildman–Crippen MR) is 70.0 cm³/mol. The van der Waals surface area contributed by atoms with Crippen LogP contribution in [-0.4, -0.2) is 15.1 Å². The molecule has 2 heterocycles. The molecule has 4 heteroatoms. The molecule has 0 aliphatic carbocycles. The second kappa shape index (κ2) is 4.74. The number of hydrogen-bond acceptors (Lipinski definition) is 3. The molecule has 3 aromatic rings. The van der Waals surface area contributed by atoms with Crippen molar-refractivity contribution >= 4 is 10.8 Å². The van der Waals surface area contributed by atoms with Gasteiger partial charge in [0.25, 0.3) is 0 Å². The first-order valence-corrected chi connectivity index (χ1v) is 5.87. The van der Waals surface area contributed by atoms with Gasteiger partial charge in [0.2, 0.25) is 0 Å². The van der Waals surface area contributed by atoms with Crippen molar-refractivity contribution in [1.82, 2.24) is 9.97 Å². The van der Waals surface area contributed by atoms with Crippen LogP contribution in [0.1, 0.15) is 17.2 Å². The smallest absolute Gasteiger partial charge is 0.147 e. The molecule has 1 aromatic carbocycles. The molecule has 1 unspecified atom stereocenters. The van der Waals surface area contributed by atoms with Crippen molar-refractivity contribution in [2.75, 3.05) is 0 Å². The number of hydrogen-bond donors (Lipinski definition) is 1. The van der Waals surface area contributed by atoms with Crippen molar-refractivity contribution in [3.63, 3.8) is 0 Å². The van der Waals surface area contributed by atoms with Gasteiger partial charge in [0, 0.05) is 29.5 Å². The molecule has 0 aliphatic rings. The third kappa shape index (κ3) is 2.06. The van der Waals surface area contributed by atoms with Gasteiger partial charge in [-0.1, -0.05) is 18.2 Å². The van der Waals surface area contributed by atoms with Gasteiger partial charge >= 0.3 is 0 Å². The van der Waals surface area contributed by atoms with E-state index in [2.05, 4.69) is 9.97 Å². The molecule has 3 nitrogen and oxygen atoms in total. The van der Waals surface area contributed by atoms with Crippen LogP contribution in [0.5, 0.6) is 0 Å². The van der Waals surface area contributed by atoms with E-state index in [9.17, 15) is 9.50 Å². The second-order valence-electron chi connectivity index (χ2n) is 4.24. The summed E-state index contributed by atoms with van der Waals surface area (Å²) in [5, 5.41) is 12.2. The lowest BCUT2D eigenvalue weighted by Crippen LogP contribution is -2.03. The van der Waals surface area contributed by atoms with Crippen molar-refractivity contribution in [3.8, 4) is 0 Å². The fourth-order valence-electron chi connectivity index (χ4n) is 2.16. The number of nitrogens with zero attached hydrogens (tertiary/aromatic N) is 2. The molecule has 0 spiro atoms. The summed E-state index contributed by atoms with van der Waals surface area (Å²) < 4.78 is 13.7. The minimum Gasteiger partial charge on any atom is -0.384 e. The average molecular weight is 254 g/mol. The molecule has 1 N–H and O–H groups in total. The molecule has 19 heavy (non-hydrogen) atoms. The molecular weight excluding hydrogens is 243 g/mol. The van der Waals surface area contributed by atoms with Gasteiger partial charge in [-0.25, -0.2) is 4.39 Å². The predicted octanol–water partition coefficient (Wildman–Crippen LogP) is 2.85. The van der Waals surface area contributed by atoms with Crippen LogP contribution < -0.4 is 0 Å². The quantitative estimate of drug-likeness (QED) is 0.764. The highest BCUT2D eigenvalue weighted by atomic mass is 19.1. The first-order valence-electron chi connectivity index (χ1n) is 5.87. The molecule has 3 rings (SSSR count). The first kappa shape index (κ1) is 11.7. The van der Waals surface area contributed by atoms with Crippen molar-refractivity contribution in [2.45, 2.75) is 6.10 Å². The molecule has 0 bridgehead atoms. The lowest BCUT2D eigenvalue weighted by Gasteiger charge is -2.14. The third-order valence-corrected chi connectivity index (χ3v) is 3.11. The molecule has 0 fully saturated rings. The Morgan fingerprint density at radius 2 is 1.74 bits per heavy atom. The van der Waals surface area contributed by atoms with Crippen molar-refractivity contribution < 1.29 is 9.50 Å². The van der Waals surface area contributed by atoms with E-state index in [0.717, 1.165) is 17.0 Å². The maximum absolute atomic E-state index is 13.7. The molecule has 94 valence electrons. The van der Waals surface area contributed by atoms with Gasteiger partial charge in [-0.3, -0.25) is 9.97 Å². The minimum atomic E-state index is -1.02. The van der Waals surface area contributed by atoms with Crippen molar-refractivity contribution in [1.29, 1.82) is 0 Å². The number of pyridine rings is 2. The number of aromatic nitrogens is 2. The Morgan fingerprint density at radius 3 is 2.58 bits per heavy atom. The molecule has 0 aliphatic heterocycles. The van der Waals surface area contributed by atoms with E-state index >= 15 is 0 Å². The zero-order valence-electron chi connectivity index (χ0n) is 9.99. The van der Waals surface area contributed by atoms with Crippen LogP contribution in [0.4, 0.5) is 4.39 Å². The monoisotopic (exact) mass is 254 g/mol. The Bertz CT molecular complexity index is 725. The van der Waals surface area contributed by atoms with Crippen molar-refractivity contribution in [2.24, 2.45) is 0 Å². The number of aliphatic hydroxyl groups excluding tert-OH is 1. The minimum absolute atomic E-state index is 0.222. The first-order chi connectivity index (χ1) is 9.27. The fourth-order valence-corrected chi connectivity index (χ4v) is 2.16. The van der Waals surface area contributed by atoms with E-state index in [1.54, 1.807) is 18.5 Å². The zero-order valence-corrected chi connectivity index (χ0v) is 9.99. The summed E-state index contributed by atoms with van der Waals surface area (Å²) >= 11 is 0. The van der Waals surface area contributed by atoms with Crippen molar-refractivity contribution in [3.05, 3.63) is 72.1 Å². The van der Waals surface area contributed by atoms with Gasteiger partial charge in [0.05, 0.1) is 6.20 Å². The van der Waals surface area contributed by atoms with Gasteiger partial charge in [-0.15, -0.1) is 0 Å². The molecule has 2 aromatic heterocycles. The highest BCUT2D eigenvalue weighted by molar-refractivity contribution is 5.85. The number of benzene rings is 1. The van der Waals surface area contributed by atoms with Crippen LogP contribution in [0.3, 0.4) is 0 Å². The molecule has 1 atom stereocenters. The highest BCUT2D eigenvalue weighted by Crippen LogP contribution is 2.29. The van der Waals surface area contributed by atoms with Gasteiger partial charge in [0.15, 0.2) is 0 Å².